The molecule has 2 aliphatic carbocycles. The molecule has 2 fully saturated rings. The highest BCUT2D eigenvalue weighted by Gasteiger charge is 2.59. The molecule has 4 atom stereocenters. The number of hydrogen-bond donors (Lipinski definition) is 1. The third-order valence-electron chi connectivity index (χ3n) is 5.25. The van der Waals surface area contributed by atoms with Gasteiger partial charge in [0.25, 0.3) is 0 Å². The molecule has 1 saturated heterocycles. The summed E-state index contributed by atoms with van der Waals surface area (Å²) in [6.07, 6.45) is -0.267. The predicted octanol–water partition coefficient (Wildman–Crippen LogP) is 2.33. The van der Waals surface area contributed by atoms with Crippen LogP contribution in [0.3, 0.4) is 0 Å². The molecule has 1 N–H and O–H groups in total. The molecule has 3 aliphatic rings. The standard InChI is InChI=1S/C18H15F3N2O4/c19-18(20,21)27-12-4-2-1-3-11(12)22-13(24)8-23-16(25)14-9-5-6-10(7-9)15(14)17(23)26/h1-6,9-10,14-15H,7-8H2,(H,22,24). The van der Waals surface area contributed by atoms with Crippen LogP contribution in [0.15, 0.2) is 36.4 Å². The predicted molar refractivity (Wildman–Crippen MR) is 86.2 cm³/mol. The molecule has 0 radical (unpaired) electrons. The molecule has 0 aromatic heterocycles. The van der Waals surface area contributed by atoms with Crippen molar-refractivity contribution in [1.29, 1.82) is 0 Å². The molecule has 1 saturated carbocycles. The summed E-state index contributed by atoms with van der Waals surface area (Å²) in [4.78, 5) is 38.3. The van der Waals surface area contributed by atoms with E-state index in [1.807, 2.05) is 12.2 Å². The minimum Gasteiger partial charge on any atom is -0.404 e. The molecule has 9 heteroatoms. The minimum atomic E-state index is -4.91. The van der Waals surface area contributed by atoms with Crippen molar-refractivity contribution in [2.45, 2.75) is 12.8 Å². The smallest absolute Gasteiger partial charge is 0.404 e. The van der Waals surface area contributed by atoms with Gasteiger partial charge in [0.05, 0.1) is 17.5 Å². The maximum absolute atomic E-state index is 12.5. The summed E-state index contributed by atoms with van der Waals surface area (Å²) in [5, 5.41) is 2.28. The fourth-order valence-electron chi connectivity index (χ4n) is 4.24. The molecule has 27 heavy (non-hydrogen) atoms. The zero-order chi connectivity index (χ0) is 19.3. The van der Waals surface area contributed by atoms with Gasteiger partial charge in [0.2, 0.25) is 17.7 Å². The number of carbonyl (C=O) groups is 3. The van der Waals surface area contributed by atoms with Crippen LogP contribution in [-0.2, 0) is 14.4 Å². The Morgan fingerprint density at radius 1 is 1.11 bits per heavy atom. The summed E-state index contributed by atoms with van der Waals surface area (Å²) < 4.78 is 41.3. The van der Waals surface area contributed by atoms with Gasteiger partial charge in [-0.05, 0) is 30.4 Å². The van der Waals surface area contributed by atoms with E-state index in [0.29, 0.717) is 0 Å². The largest absolute Gasteiger partial charge is 0.573 e. The molecule has 0 spiro atoms. The monoisotopic (exact) mass is 380 g/mol. The number of likely N-dealkylation sites (tertiary alicyclic amines) is 1. The van der Waals surface area contributed by atoms with Crippen molar-refractivity contribution in [3.63, 3.8) is 0 Å². The number of carbonyl (C=O) groups excluding carboxylic acids is 3. The zero-order valence-corrected chi connectivity index (χ0v) is 13.9. The van der Waals surface area contributed by atoms with Gasteiger partial charge in [-0.15, -0.1) is 13.2 Å². The van der Waals surface area contributed by atoms with Crippen LogP contribution in [0.25, 0.3) is 0 Å². The number of anilines is 1. The second-order valence-electron chi connectivity index (χ2n) is 6.85. The van der Waals surface area contributed by atoms with Gasteiger partial charge in [-0.3, -0.25) is 19.3 Å². The van der Waals surface area contributed by atoms with E-state index in [9.17, 15) is 27.6 Å². The number of imide groups is 1. The SMILES string of the molecule is O=C(CN1C(=O)C2C3C=CC(C3)C2C1=O)Nc1ccccc1OC(F)(F)F. The second-order valence-corrected chi connectivity index (χ2v) is 6.85. The number of rotatable bonds is 4. The van der Waals surface area contributed by atoms with Gasteiger partial charge in [0.1, 0.15) is 6.54 Å². The third-order valence-corrected chi connectivity index (χ3v) is 5.25. The average Bonchev–Trinajstić information content (AvgIpc) is 3.25. The maximum atomic E-state index is 12.5. The zero-order valence-electron chi connectivity index (χ0n) is 13.9. The van der Waals surface area contributed by atoms with Crippen molar-refractivity contribution in [3.05, 3.63) is 36.4 Å². The fourth-order valence-corrected chi connectivity index (χ4v) is 4.24. The van der Waals surface area contributed by atoms with E-state index < -0.39 is 48.2 Å². The Kier molecular flexibility index (Phi) is 3.97. The van der Waals surface area contributed by atoms with Crippen molar-refractivity contribution < 1.29 is 32.3 Å². The van der Waals surface area contributed by atoms with Crippen LogP contribution in [0.1, 0.15) is 6.42 Å². The van der Waals surface area contributed by atoms with Gasteiger partial charge in [-0.2, -0.15) is 0 Å². The number of hydrogen-bond acceptors (Lipinski definition) is 4. The van der Waals surface area contributed by atoms with Gasteiger partial charge in [0.15, 0.2) is 5.75 Å². The minimum absolute atomic E-state index is 0.0189. The lowest BCUT2D eigenvalue weighted by Crippen LogP contribution is -2.39. The molecule has 142 valence electrons. The van der Waals surface area contributed by atoms with Crippen molar-refractivity contribution in [3.8, 4) is 5.75 Å². The Hall–Kier alpha value is -2.84. The number of nitrogens with one attached hydrogen (secondary N) is 1. The molecule has 1 aromatic rings. The summed E-state index contributed by atoms with van der Waals surface area (Å²) in [5.41, 5.74) is -0.194. The molecule has 1 aromatic carbocycles. The molecule has 4 rings (SSSR count). The van der Waals surface area contributed by atoms with Crippen LogP contribution in [-0.4, -0.2) is 35.5 Å². The number of nitrogens with zero attached hydrogens (tertiary/aromatic N) is 1. The summed E-state index contributed by atoms with van der Waals surface area (Å²) in [6, 6.07) is 5.06. The average molecular weight is 380 g/mol. The first-order valence-electron chi connectivity index (χ1n) is 8.43. The van der Waals surface area contributed by atoms with E-state index in [2.05, 4.69) is 10.1 Å². The topological polar surface area (TPSA) is 75.7 Å². The first-order valence-corrected chi connectivity index (χ1v) is 8.43. The highest BCUT2D eigenvalue weighted by atomic mass is 19.4. The molecule has 4 unspecified atom stereocenters. The fraction of sp³-hybridized carbons (Fsp3) is 0.389. The molecule has 1 heterocycles. The lowest BCUT2D eigenvalue weighted by molar-refractivity contribution is -0.274. The van der Waals surface area contributed by atoms with Gasteiger partial charge in [-0.1, -0.05) is 24.3 Å². The van der Waals surface area contributed by atoms with Crippen molar-refractivity contribution in [2.24, 2.45) is 23.7 Å². The van der Waals surface area contributed by atoms with Gasteiger partial charge < -0.3 is 10.1 Å². The number of para-hydroxylation sites is 2. The third kappa shape index (κ3) is 3.07. The van der Waals surface area contributed by atoms with Crippen LogP contribution in [0, 0.1) is 23.7 Å². The lowest BCUT2D eigenvalue weighted by atomic mass is 9.85. The number of alkyl halides is 3. The first-order chi connectivity index (χ1) is 12.7. The van der Waals surface area contributed by atoms with Crippen LogP contribution < -0.4 is 10.1 Å². The molecule has 3 amide bonds. The van der Waals surface area contributed by atoms with Crippen LogP contribution in [0.2, 0.25) is 0 Å². The quantitative estimate of drug-likeness (QED) is 0.643. The number of benzene rings is 1. The molecular weight excluding hydrogens is 365 g/mol. The number of allylic oxidation sites excluding steroid dienone is 2. The van der Waals surface area contributed by atoms with Crippen LogP contribution in [0.5, 0.6) is 5.75 Å². The second kappa shape index (κ2) is 6.11. The molecular formula is C18H15F3N2O4. The van der Waals surface area contributed by atoms with Crippen LogP contribution in [0.4, 0.5) is 18.9 Å². The van der Waals surface area contributed by atoms with E-state index in [-0.39, 0.29) is 17.5 Å². The van der Waals surface area contributed by atoms with Crippen molar-refractivity contribution in [1.82, 2.24) is 4.90 Å². The maximum Gasteiger partial charge on any atom is 0.573 e. The van der Waals surface area contributed by atoms with Crippen molar-refractivity contribution >= 4 is 23.4 Å². The highest BCUT2D eigenvalue weighted by Crippen LogP contribution is 2.52. The number of amides is 3. The Balaban J connectivity index is 1.45. The Labute approximate surface area is 152 Å². The van der Waals surface area contributed by atoms with Crippen LogP contribution >= 0.6 is 0 Å². The molecule has 1 aliphatic heterocycles. The Bertz CT molecular complexity index is 821. The van der Waals surface area contributed by atoms with E-state index in [1.54, 1.807) is 0 Å². The van der Waals surface area contributed by atoms with Gasteiger partial charge >= 0.3 is 6.36 Å². The first kappa shape index (κ1) is 17.6. The van der Waals surface area contributed by atoms with E-state index in [0.717, 1.165) is 17.4 Å². The van der Waals surface area contributed by atoms with Crippen molar-refractivity contribution in [2.75, 3.05) is 11.9 Å². The highest BCUT2D eigenvalue weighted by molar-refractivity contribution is 6.09. The molecule has 6 nitrogen and oxygen atoms in total. The summed E-state index contributed by atoms with van der Waals surface area (Å²) in [7, 11) is 0. The van der Waals surface area contributed by atoms with Gasteiger partial charge in [0, 0.05) is 0 Å². The van der Waals surface area contributed by atoms with E-state index in [4.69, 9.17) is 0 Å². The number of fused-ring (bicyclic) bond motifs is 5. The number of ether oxygens (including phenoxy) is 1. The number of halogens is 3. The molecule has 2 bridgehead atoms. The Morgan fingerprint density at radius 2 is 1.70 bits per heavy atom. The normalized spacial score (nSPS) is 28.6. The Morgan fingerprint density at radius 3 is 2.30 bits per heavy atom. The van der Waals surface area contributed by atoms with E-state index >= 15 is 0 Å². The lowest BCUT2D eigenvalue weighted by Gasteiger charge is -2.18. The van der Waals surface area contributed by atoms with Gasteiger partial charge in [-0.25, -0.2) is 0 Å². The summed E-state index contributed by atoms with van der Waals surface area (Å²) >= 11 is 0. The summed E-state index contributed by atoms with van der Waals surface area (Å²) in [5.74, 6) is -2.95. The van der Waals surface area contributed by atoms with E-state index in [1.165, 1.54) is 18.2 Å². The summed E-state index contributed by atoms with van der Waals surface area (Å²) in [6.45, 7) is -0.537.